The summed E-state index contributed by atoms with van der Waals surface area (Å²) >= 11 is 8.42. The van der Waals surface area contributed by atoms with E-state index in [-0.39, 0.29) is 21.1 Å². The summed E-state index contributed by atoms with van der Waals surface area (Å²) < 4.78 is 42.9. The quantitative estimate of drug-likeness (QED) is 0.484. The van der Waals surface area contributed by atoms with Crippen molar-refractivity contribution in [3.8, 4) is 5.75 Å². The van der Waals surface area contributed by atoms with Gasteiger partial charge in [0.15, 0.2) is 10.7 Å². The monoisotopic (exact) mass is 500 g/mol. The molecule has 1 aliphatic heterocycles. The maximum Gasteiger partial charge on any atom is 0.309 e. The molecule has 1 fully saturated rings. The van der Waals surface area contributed by atoms with E-state index in [0.29, 0.717) is 17.5 Å². The summed E-state index contributed by atoms with van der Waals surface area (Å²) in [6.07, 6.45) is 0.436. The molecule has 1 N–H and O–H groups in total. The van der Waals surface area contributed by atoms with Gasteiger partial charge in [0, 0.05) is 7.05 Å². The van der Waals surface area contributed by atoms with Gasteiger partial charge in [-0.25, -0.2) is 4.39 Å². The minimum absolute atomic E-state index is 0.0955. The van der Waals surface area contributed by atoms with Crippen molar-refractivity contribution >= 4 is 49.3 Å². The maximum atomic E-state index is 13.8. The topological polar surface area (TPSA) is 75.7 Å². The first kappa shape index (κ1) is 21.7. The number of rotatable bonds is 6. The normalized spacial score (nSPS) is 19.4. The van der Waals surface area contributed by atoms with Crippen LogP contribution in [0.4, 0.5) is 4.39 Å². The molecule has 2 aromatic carbocycles. The van der Waals surface area contributed by atoms with Gasteiger partial charge in [-0.3, -0.25) is 4.79 Å². The number of benzene rings is 2. The molecule has 1 unspecified atom stereocenters. The molecule has 1 saturated heterocycles. The second kappa shape index (κ2) is 8.00. The van der Waals surface area contributed by atoms with Gasteiger partial charge in [0.2, 0.25) is 0 Å². The molecule has 0 radical (unpaired) electrons. The average molecular weight is 501 g/mol. The van der Waals surface area contributed by atoms with Crippen LogP contribution in [0.15, 0.2) is 46.9 Å². The van der Waals surface area contributed by atoms with Crippen molar-refractivity contribution in [1.82, 2.24) is 10.2 Å². The molecule has 2 aromatic rings. The number of hydrogen-bond acceptors (Lipinski definition) is 5. The molecular formula is C19H18BrFN2O4S2. The number of thiocarbonyl (C=S) groups is 1. The first-order valence-corrected chi connectivity index (χ1v) is 11.5. The molecule has 3 rings (SSSR count). The molecular weight excluding hydrogens is 483 g/mol. The maximum absolute atomic E-state index is 13.8. The smallest absolute Gasteiger partial charge is 0.309 e. The van der Waals surface area contributed by atoms with Crippen LogP contribution in [0, 0.1) is 5.82 Å². The Morgan fingerprint density at radius 2 is 1.83 bits per heavy atom. The fourth-order valence-corrected chi connectivity index (χ4v) is 4.90. The third-order valence-corrected chi connectivity index (χ3v) is 6.98. The molecule has 0 bridgehead atoms. The molecule has 10 heteroatoms. The number of halogens is 2. The molecule has 6 nitrogen and oxygen atoms in total. The molecule has 1 heterocycles. The van der Waals surface area contributed by atoms with Crippen LogP contribution in [-0.4, -0.2) is 37.1 Å². The van der Waals surface area contributed by atoms with Crippen LogP contribution in [0.2, 0.25) is 0 Å². The first-order chi connectivity index (χ1) is 13.6. The Balaban J connectivity index is 2.10. The van der Waals surface area contributed by atoms with Crippen molar-refractivity contribution in [3.05, 3.63) is 63.9 Å². The highest BCUT2D eigenvalue weighted by Crippen LogP contribution is 2.40. The van der Waals surface area contributed by atoms with E-state index in [4.69, 9.17) is 16.4 Å². The van der Waals surface area contributed by atoms with Crippen molar-refractivity contribution < 1.29 is 21.8 Å². The van der Waals surface area contributed by atoms with Gasteiger partial charge in [0.25, 0.3) is 5.91 Å². The number of amides is 1. The van der Waals surface area contributed by atoms with E-state index in [1.807, 2.05) is 0 Å². The van der Waals surface area contributed by atoms with Crippen molar-refractivity contribution in [1.29, 1.82) is 0 Å². The van der Waals surface area contributed by atoms with Crippen molar-refractivity contribution in [2.75, 3.05) is 12.8 Å². The van der Waals surface area contributed by atoms with Crippen molar-refractivity contribution in [3.63, 3.8) is 0 Å². The highest BCUT2D eigenvalue weighted by Gasteiger charge is 2.52. The van der Waals surface area contributed by atoms with Crippen LogP contribution in [0.25, 0.3) is 0 Å². The van der Waals surface area contributed by atoms with Crippen LogP contribution in [0.3, 0.4) is 0 Å². The lowest BCUT2D eigenvalue weighted by Gasteiger charge is -2.35. The molecule has 0 aliphatic carbocycles. The zero-order chi connectivity index (χ0) is 21.4. The minimum atomic E-state index is -3.68. The molecule has 1 atom stereocenters. The fourth-order valence-electron chi connectivity index (χ4n) is 3.30. The lowest BCUT2D eigenvalue weighted by atomic mass is 9.81. The van der Waals surface area contributed by atoms with Gasteiger partial charge in [0.1, 0.15) is 11.6 Å². The van der Waals surface area contributed by atoms with Gasteiger partial charge in [-0.15, -0.1) is 0 Å². The SMILES string of the molecule is CCCS(=O)(=O)Oc1ccc(C2(c3ccc(F)c(Br)c3)C(=O)NC(=S)N2C)cc1. The average Bonchev–Trinajstić information content (AvgIpc) is 2.87. The molecule has 1 amide bonds. The first-order valence-electron chi connectivity index (χ1n) is 8.69. The van der Waals surface area contributed by atoms with Crippen molar-refractivity contribution in [2.24, 2.45) is 0 Å². The summed E-state index contributed by atoms with van der Waals surface area (Å²) in [5, 5.41) is 2.86. The van der Waals surface area contributed by atoms with Gasteiger partial charge in [0.05, 0.1) is 10.2 Å². The summed E-state index contributed by atoms with van der Waals surface area (Å²) in [7, 11) is -2.02. The third-order valence-electron chi connectivity index (χ3n) is 4.64. The molecule has 154 valence electrons. The summed E-state index contributed by atoms with van der Waals surface area (Å²) in [5.41, 5.74) is -0.317. The Bertz CT molecular complexity index is 1080. The van der Waals surface area contributed by atoms with Crippen LogP contribution >= 0.6 is 28.1 Å². The number of carbonyl (C=O) groups is 1. The van der Waals surface area contributed by atoms with Crippen LogP contribution in [0.5, 0.6) is 5.75 Å². The highest BCUT2D eigenvalue weighted by molar-refractivity contribution is 9.10. The standard InChI is InChI=1S/C19H18BrFN2O4S2/c1-3-10-29(25,26)27-14-7-4-12(5-8-14)19(17(24)22-18(28)23(19)2)13-6-9-16(21)15(20)11-13/h4-9,11H,3,10H2,1-2H3,(H,22,24,28). The number of carbonyl (C=O) groups excluding carboxylic acids is 1. The minimum Gasteiger partial charge on any atom is -0.382 e. The van der Waals surface area contributed by atoms with E-state index in [2.05, 4.69) is 21.2 Å². The molecule has 0 spiro atoms. The third kappa shape index (κ3) is 3.88. The van der Waals surface area contributed by atoms with Crippen molar-refractivity contribution in [2.45, 2.75) is 18.9 Å². The summed E-state index contributed by atoms with van der Waals surface area (Å²) in [6, 6.07) is 10.4. The van der Waals surface area contributed by atoms with E-state index in [1.165, 1.54) is 30.3 Å². The van der Waals surface area contributed by atoms with Crippen LogP contribution < -0.4 is 9.50 Å². The summed E-state index contributed by atoms with van der Waals surface area (Å²) in [5.74, 6) is -0.809. The zero-order valence-corrected chi connectivity index (χ0v) is 18.8. The Morgan fingerprint density at radius 1 is 1.21 bits per heavy atom. The predicted molar refractivity (Wildman–Crippen MR) is 115 cm³/mol. The Morgan fingerprint density at radius 3 is 2.34 bits per heavy atom. The lowest BCUT2D eigenvalue weighted by molar-refractivity contribution is -0.124. The van der Waals surface area contributed by atoms with Gasteiger partial charge in [-0.1, -0.05) is 25.1 Å². The zero-order valence-electron chi connectivity index (χ0n) is 15.6. The number of nitrogens with one attached hydrogen (secondary N) is 1. The largest absolute Gasteiger partial charge is 0.382 e. The highest BCUT2D eigenvalue weighted by atomic mass is 79.9. The fraction of sp³-hybridized carbons (Fsp3) is 0.263. The van der Waals surface area contributed by atoms with Crippen LogP contribution in [-0.2, 0) is 20.5 Å². The number of hydrogen-bond donors (Lipinski definition) is 1. The Kier molecular flexibility index (Phi) is 5.98. The van der Waals surface area contributed by atoms with Crippen LogP contribution in [0.1, 0.15) is 24.5 Å². The van der Waals surface area contributed by atoms with E-state index in [1.54, 1.807) is 31.0 Å². The second-order valence-electron chi connectivity index (χ2n) is 6.53. The number of likely N-dealkylation sites (N-methyl/N-ethyl adjacent to an activating group) is 1. The van der Waals surface area contributed by atoms with E-state index in [0.717, 1.165) is 0 Å². The summed E-state index contributed by atoms with van der Waals surface area (Å²) in [4.78, 5) is 14.6. The molecule has 0 saturated carbocycles. The lowest BCUT2D eigenvalue weighted by Crippen LogP contribution is -2.45. The van der Waals surface area contributed by atoms with E-state index in [9.17, 15) is 17.6 Å². The van der Waals surface area contributed by atoms with Gasteiger partial charge < -0.3 is 14.4 Å². The van der Waals surface area contributed by atoms with E-state index < -0.39 is 27.4 Å². The molecule has 1 aliphatic rings. The second-order valence-corrected chi connectivity index (χ2v) is 9.46. The predicted octanol–water partition coefficient (Wildman–Crippen LogP) is 3.30. The van der Waals surface area contributed by atoms with Gasteiger partial charge in [-0.2, -0.15) is 8.42 Å². The number of nitrogens with zero attached hydrogens (tertiary/aromatic N) is 1. The molecule has 29 heavy (non-hydrogen) atoms. The van der Waals surface area contributed by atoms with Gasteiger partial charge >= 0.3 is 10.1 Å². The summed E-state index contributed by atoms with van der Waals surface area (Å²) in [6.45, 7) is 1.74. The van der Waals surface area contributed by atoms with E-state index >= 15 is 0 Å². The molecule has 0 aromatic heterocycles. The van der Waals surface area contributed by atoms with Gasteiger partial charge in [-0.05, 0) is 70.0 Å². The Hall–Kier alpha value is -2.04. The Labute approximate surface area is 182 Å².